The molecule has 12 heteroatoms. The van der Waals surface area contributed by atoms with Gasteiger partial charge in [-0.25, -0.2) is 13.2 Å². The molecule has 1 aromatic heterocycles. The maximum Gasteiger partial charge on any atom is 0.348 e. The van der Waals surface area contributed by atoms with Crippen molar-refractivity contribution in [2.75, 3.05) is 52.4 Å². The first-order chi connectivity index (χ1) is 16.2. The molecule has 0 bridgehead atoms. The normalized spacial score (nSPS) is 11.3. The Labute approximate surface area is 203 Å². The highest BCUT2D eigenvalue weighted by atomic mass is 32.2. The zero-order valence-corrected chi connectivity index (χ0v) is 21.0. The van der Waals surface area contributed by atoms with Crippen LogP contribution in [0.25, 0.3) is 0 Å². The van der Waals surface area contributed by atoms with E-state index in [4.69, 9.17) is 14.2 Å². The highest BCUT2D eigenvalue weighted by molar-refractivity contribution is 7.89. The van der Waals surface area contributed by atoms with Crippen LogP contribution in [0.4, 0.5) is 5.00 Å². The number of nitriles is 1. The van der Waals surface area contributed by atoms with Crippen LogP contribution in [0.15, 0.2) is 29.2 Å². The number of nitrogens with one attached hydrogen (secondary N) is 1. The number of esters is 1. The van der Waals surface area contributed by atoms with Crippen molar-refractivity contribution in [3.63, 3.8) is 0 Å². The smallest absolute Gasteiger partial charge is 0.348 e. The Kier molecular flexibility index (Phi) is 10.2. The molecule has 10 nitrogen and oxygen atoms in total. The Bertz CT molecular complexity index is 1140. The van der Waals surface area contributed by atoms with E-state index < -0.39 is 21.9 Å². The van der Waals surface area contributed by atoms with E-state index >= 15 is 0 Å². The van der Waals surface area contributed by atoms with Gasteiger partial charge in [-0.15, -0.1) is 11.3 Å². The van der Waals surface area contributed by atoms with Crippen LogP contribution in [0, 0.1) is 18.3 Å². The Hall–Kier alpha value is -2.82. The molecule has 0 saturated heterocycles. The largest absolute Gasteiger partial charge is 0.462 e. The average molecular weight is 510 g/mol. The minimum absolute atomic E-state index is 0.0190. The fraction of sp³-hybridized carbons (Fsp3) is 0.409. The molecule has 2 rings (SSSR count). The van der Waals surface area contributed by atoms with Gasteiger partial charge in [-0.05, 0) is 43.7 Å². The summed E-state index contributed by atoms with van der Waals surface area (Å²) in [5.74, 6) is -1.12. The number of carbonyl (C=O) groups excluding carboxylic acids is 2. The third kappa shape index (κ3) is 6.40. The molecular weight excluding hydrogens is 482 g/mol. The summed E-state index contributed by atoms with van der Waals surface area (Å²) < 4.78 is 42.2. The number of anilines is 1. The van der Waals surface area contributed by atoms with Crippen molar-refractivity contribution in [2.45, 2.75) is 18.7 Å². The molecule has 1 amide bonds. The van der Waals surface area contributed by atoms with E-state index in [0.717, 1.165) is 11.3 Å². The lowest BCUT2D eigenvalue weighted by Crippen LogP contribution is -2.36. The Morgan fingerprint density at radius 1 is 1.12 bits per heavy atom. The van der Waals surface area contributed by atoms with Crippen LogP contribution >= 0.6 is 11.3 Å². The van der Waals surface area contributed by atoms with Gasteiger partial charge in [0.05, 0.1) is 30.3 Å². The summed E-state index contributed by atoms with van der Waals surface area (Å²) in [6.45, 7) is 4.22. The molecule has 0 aliphatic carbocycles. The lowest BCUT2D eigenvalue weighted by Gasteiger charge is -2.21. The van der Waals surface area contributed by atoms with Crippen LogP contribution in [0.2, 0.25) is 0 Å². The molecule has 1 heterocycles. The zero-order chi connectivity index (χ0) is 25.3. The lowest BCUT2D eigenvalue weighted by atomic mass is 10.1. The Morgan fingerprint density at radius 3 is 2.21 bits per heavy atom. The molecule has 0 atom stereocenters. The third-order valence-corrected chi connectivity index (χ3v) is 7.89. The molecule has 0 radical (unpaired) electrons. The molecule has 0 fully saturated rings. The molecule has 0 aliphatic heterocycles. The van der Waals surface area contributed by atoms with Crippen LogP contribution in [0.1, 0.15) is 38.1 Å². The van der Waals surface area contributed by atoms with Crippen LogP contribution in [-0.4, -0.2) is 71.7 Å². The van der Waals surface area contributed by atoms with E-state index in [0.29, 0.717) is 5.56 Å². The first-order valence-electron chi connectivity index (χ1n) is 10.3. The third-order valence-electron chi connectivity index (χ3n) is 4.79. The minimum Gasteiger partial charge on any atom is -0.462 e. The Balaban J connectivity index is 2.25. The molecule has 0 spiro atoms. The molecule has 184 valence electrons. The van der Waals surface area contributed by atoms with Gasteiger partial charge in [0.1, 0.15) is 15.9 Å². The van der Waals surface area contributed by atoms with Gasteiger partial charge in [0.15, 0.2) is 0 Å². The summed E-state index contributed by atoms with van der Waals surface area (Å²) in [7, 11) is -0.859. The number of sulfonamides is 1. The van der Waals surface area contributed by atoms with E-state index in [1.54, 1.807) is 13.8 Å². The predicted molar refractivity (Wildman–Crippen MR) is 127 cm³/mol. The van der Waals surface area contributed by atoms with Crippen molar-refractivity contribution in [2.24, 2.45) is 0 Å². The van der Waals surface area contributed by atoms with E-state index in [1.807, 2.05) is 6.07 Å². The number of hydrogen-bond donors (Lipinski definition) is 1. The molecule has 1 N–H and O–H groups in total. The Morgan fingerprint density at radius 2 is 1.71 bits per heavy atom. The second kappa shape index (κ2) is 12.6. The van der Waals surface area contributed by atoms with Crippen LogP contribution < -0.4 is 5.32 Å². The van der Waals surface area contributed by atoms with Gasteiger partial charge in [-0.2, -0.15) is 9.57 Å². The fourth-order valence-electron chi connectivity index (χ4n) is 2.97. The number of carbonyl (C=O) groups is 2. The molecule has 2 aromatic rings. The summed E-state index contributed by atoms with van der Waals surface area (Å²) >= 11 is 0.953. The number of thiophene rings is 1. The van der Waals surface area contributed by atoms with Crippen molar-refractivity contribution < 1.29 is 32.2 Å². The monoisotopic (exact) mass is 509 g/mol. The van der Waals surface area contributed by atoms with E-state index in [-0.39, 0.29) is 58.8 Å². The molecule has 0 unspecified atom stereocenters. The average Bonchev–Trinajstić information content (AvgIpc) is 3.13. The number of ether oxygens (including phenoxy) is 3. The molecule has 0 aliphatic rings. The highest BCUT2D eigenvalue weighted by Crippen LogP contribution is 2.33. The van der Waals surface area contributed by atoms with Gasteiger partial charge < -0.3 is 19.5 Å². The van der Waals surface area contributed by atoms with Crippen LogP contribution in [0.3, 0.4) is 0 Å². The van der Waals surface area contributed by atoms with E-state index in [9.17, 15) is 23.3 Å². The second-order valence-corrected chi connectivity index (χ2v) is 9.92. The van der Waals surface area contributed by atoms with Gasteiger partial charge >= 0.3 is 5.97 Å². The topological polar surface area (TPSA) is 135 Å². The van der Waals surface area contributed by atoms with Gasteiger partial charge in [0, 0.05) is 32.9 Å². The van der Waals surface area contributed by atoms with E-state index in [2.05, 4.69) is 5.32 Å². The molecular formula is C22H27N3O7S2. The maximum absolute atomic E-state index is 13.0. The number of nitrogens with zero attached hydrogens (tertiary/aromatic N) is 2. The SMILES string of the molecule is CCOC(=O)c1sc(NC(=O)c2ccc(S(=O)(=O)N(CCOC)CCOC)cc2)c(C#N)c1C. The summed E-state index contributed by atoms with van der Waals surface area (Å²) in [5.41, 5.74) is 0.786. The van der Waals surface area contributed by atoms with E-state index in [1.165, 1.54) is 42.8 Å². The minimum atomic E-state index is -3.83. The number of rotatable bonds is 12. The molecule has 1 aromatic carbocycles. The van der Waals surface area contributed by atoms with Crippen molar-refractivity contribution in [1.82, 2.24) is 4.31 Å². The number of methoxy groups -OCH3 is 2. The number of benzene rings is 1. The maximum atomic E-state index is 13.0. The number of amides is 1. The number of hydrogen-bond acceptors (Lipinski definition) is 9. The van der Waals surface area contributed by atoms with Crippen molar-refractivity contribution in [3.8, 4) is 6.07 Å². The van der Waals surface area contributed by atoms with Crippen LogP contribution in [0.5, 0.6) is 0 Å². The quantitative estimate of drug-likeness (QED) is 0.432. The zero-order valence-electron chi connectivity index (χ0n) is 19.4. The van der Waals surface area contributed by atoms with Gasteiger partial charge in [0.25, 0.3) is 5.91 Å². The molecule has 34 heavy (non-hydrogen) atoms. The lowest BCUT2D eigenvalue weighted by molar-refractivity contribution is 0.0531. The highest BCUT2D eigenvalue weighted by Gasteiger charge is 2.25. The summed E-state index contributed by atoms with van der Waals surface area (Å²) in [4.78, 5) is 25.1. The standard InChI is InChI=1S/C22H27N3O7S2/c1-5-32-22(27)19-15(2)18(14-23)21(33-19)24-20(26)16-6-8-17(9-7-16)34(28,29)25(10-12-30-3)11-13-31-4/h6-9H,5,10-13H2,1-4H3,(H,24,26). The van der Waals surface area contributed by atoms with Gasteiger partial charge in [0.2, 0.25) is 10.0 Å². The fourth-order valence-corrected chi connectivity index (χ4v) is 5.42. The van der Waals surface area contributed by atoms with Crippen molar-refractivity contribution >= 4 is 38.2 Å². The molecule has 0 saturated carbocycles. The van der Waals surface area contributed by atoms with Gasteiger partial charge in [-0.3, -0.25) is 4.79 Å². The first-order valence-corrected chi connectivity index (χ1v) is 12.6. The van der Waals surface area contributed by atoms with Crippen molar-refractivity contribution in [1.29, 1.82) is 5.26 Å². The summed E-state index contributed by atoms with van der Waals surface area (Å²) in [6, 6.07) is 7.44. The van der Waals surface area contributed by atoms with Gasteiger partial charge in [-0.1, -0.05) is 0 Å². The summed E-state index contributed by atoms with van der Waals surface area (Å²) in [5, 5.41) is 12.3. The van der Waals surface area contributed by atoms with Crippen molar-refractivity contribution in [3.05, 3.63) is 45.8 Å². The second-order valence-electron chi connectivity index (χ2n) is 6.96. The van der Waals surface area contributed by atoms with Crippen LogP contribution in [-0.2, 0) is 24.2 Å². The summed E-state index contributed by atoms with van der Waals surface area (Å²) in [6.07, 6.45) is 0. The predicted octanol–water partition coefficient (Wildman–Crippen LogP) is 2.64. The first kappa shape index (κ1) is 27.4.